The molecule has 4 heterocycles. The predicted octanol–water partition coefficient (Wildman–Crippen LogP) is -0.463. The van der Waals surface area contributed by atoms with E-state index in [1.807, 2.05) is 0 Å². The lowest BCUT2D eigenvalue weighted by atomic mass is 9.86. The van der Waals surface area contributed by atoms with Gasteiger partial charge in [0.05, 0.1) is 45.1 Å². The topological polar surface area (TPSA) is 76.0 Å². The van der Waals surface area contributed by atoms with Crippen molar-refractivity contribution in [3.63, 3.8) is 0 Å². The third kappa shape index (κ3) is 6.42. The van der Waals surface area contributed by atoms with Crippen LogP contribution in [0.3, 0.4) is 0 Å². The first-order valence-corrected chi connectivity index (χ1v) is 13.4. The van der Waals surface area contributed by atoms with Gasteiger partial charge in [0.1, 0.15) is 12.2 Å². The number of nitrogens with zero attached hydrogens (tertiary/aromatic N) is 1. The zero-order valence-electron chi connectivity index (χ0n) is 20.0. The number of likely N-dealkylation sites (tertiary alicyclic amines) is 1. The van der Waals surface area contributed by atoms with Crippen molar-refractivity contribution in [1.29, 1.82) is 0 Å². The molecule has 34 heavy (non-hydrogen) atoms. The molecule has 5 N–H and O–H groups in total. The Balaban J connectivity index is 1.08. The summed E-state index contributed by atoms with van der Waals surface area (Å²) in [4.78, 5) is 10.1. The van der Waals surface area contributed by atoms with E-state index in [9.17, 15) is 13.2 Å². The fourth-order valence-electron chi connectivity index (χ4n) is 6.97. The molecular weight excluding hydrogens is 451 g/mol. The van der Waals surface area contributed by atoms with Crippen molar-refractivity contribution in [1.82, 2.24) is 15.7 Å². The van der Waals surface area contributed by atoms with Crippen molar-refractivity contribution in [3.8, 4) is 0 Å². The Bertz CT molecular complexity index is 646. The van der Waals surface area contributed by atoms with Gasteiger partial charge in [0.15, 0.2) is 6.23 Å². The van der Waals surface area contributed by atoms with E-state index in [0.717, 1.165) is 71.6 Å². The van der Waals surface area contributed by atoms with Crippen molar-refractivity contribution in [3.05, 3.63) is 0 Å². The number of rotatable bonds is 6. The van der Waals surface area contributed by atoms with Gasteiger partial charge >= 0.3 is 6.36 Å². The Hall–Kier alpha value is -0.530. The molecule has 1 saturated carbocycles. The van der Waals surface area contributed by atoms with E-state index in [1.54, 1.807) is 0 Å². The average Bonchev–Trinajstić information content (AvgIpc) is 3.48. The fourth-order valence-corrected chi connectivity index (χ4v) is 6.97. The van der Waals surface area contributed by atoms with Crippen molar-refractivity contribution < 1.29 is 37.7 Å². The minimum absolute atomic E-state index is 0.0368. The fraction of sp³-hybridized carbons (Fsp3) is 1.00. The summed E-state index contributed by atoms with van der Waals surface area (Å²) in [7, 11) is 0. The molecule has 0 amide bonds. The Kier molecular flexibility index (Phi) is 8.31. The summed E-state index contributed by atoms with van der Waals surface area (Å²) < 4.78 is 47.9. The van der Waals surface area contributed by atoms with Gasteiger partial charge in [0.25, 0.3) is 0 Å². The molecule has 0 radical (unpaired) electrons. The summed E-state index contributed by atoms with van der Waals surface area (Å²) in [5.74, 6) is 0.803. The third-order valence-electron chi connectivity index (χ3n) is 8.68. The first kappa shape index (κ1) is 25.1. The van der Waals surface area contributed by atoms with E-state index >= 15 is 0 Å². The summed E-state index contributed by atoms with van der Waals surface area (Å²) in [5, 5.41) is 6.20. The van der Waals surface area contributed by atoms with Crippen LogP contribution in [0.5, 0.6) is 0 Å². The van der Waals surface area contributed by atoms with E-state index in [2.05, 4.69) is 25.8 Å². The zero-order valence-corrected chi connectivity index (χ0v) is 20.0. The number of hydrogen-bond acceptors (Lipinski definition) is 6. The number of hydrogen-bond donors (Lipinski definition) is 4. The lowest BCUT2D eigenvalue weighted by Gasteiger charge is -2.37. The van der Waals surface area contributed by atoms with Crippen LogP contribution in [-0.2, 0) is 14.3 Å². The number of halogens is 3. The Morgan fingerprint density at radius 2 is 1.91 bits per heavy atom. The molecule has 0 aromatic rings. The van der Waals surface area contributed by atoms with E-state index in [0.29, 0.717) is 31.0 Å². The highest BCUT2D eigenvalue weighted by atomic mass is 19.4. The molecule has 5 aliphatic rings. The van der Waals surface area contributed by atoms with Crippen LogP contribution in [-0.4, -0.2) is 87.9 Å². The molecule has 8 atom stereocenters. The molecule has 0 bridgehead atoms. The predicted molar refractivity (Wildman–Crippen MR) is 117 cm³/mol. The number of ether oxygens (including phenoxy) is 2. The monoisotopic (exact) mass is 493 g/mol. The van der Waals surface area contributed by atoms with E-state index in [4.69, 9.17) is 9.57 Å². The Morgan fingerprint density at radius 1 is 1.06 bits per heavy atom. The van der Waals surface area contributed by atoms with Gasteiger partial charge in [0, 0.05) is 44.2 Å². The van der Waals surface area contributed by atoms with E-state index in [-0.39, 0.29) is 18.3 Å². The second-order valence-corrected chi connectivity index (χ2v) is 10.9. The van der Waals surface area contributed by atoms with Gasteiger partial charge in [-0.15, -0.1) is 13.2 Å². The van der Waals surface area contributed by atoms with Crippen LogP contribution >= 0.6 is 0 Å². The van der Waals surface area contributed by atoms with Gasteiger partial charge in [-0.05, 0) is 25.7 Å². The molecule has 0 spiro atoms. The Labute approximate surface area is 200 Å². The first-order chi connectivity index (χ1) is 16.4. The summed E-state index contributed by atoms with van der Waals surface area (Å²) in [6.45, 7) is 6.79. The van der Waals surface area contributed by atoms with Crippen molar-refractivity contribution in [2.45, 2.75) is 88.4 Å². The average molecular weight is 494 g/mol. The molecule has 0 aromatic heterocycles. The van der Waals surface area contributed by atoms with E-state index < -0.39 is 12.5 Å². The molecule has 196 valence electrons. The van der Waals surface area contributed by atoms with Crippen LogP contribution in [0.2, 0.25) is 0 Å². The van der Waals surface area contributed by atoms with Gasteiger partial charge in [-0.25, -0.2) is 4.90 Å². The number of quaternary nitrogens is 2. The molecular formula is C23H42F3N5O3+2. The lowest BCUT2D eigenvalue weighted by Crippen LogP contribution is -3.16. The Morgan fingerprint density at radius 3 is 2.68 bits per heavy atom. The van der Waals surface area contributed by atoms with Crippen LogP contribution < -0.4 is 21.0 Å². The van der Waals surface area contributed by atoms with Crippen LogP contribution in [0.4, 0.5) is 13.2 Å². The van der Waals surface area contributed by atoms with Crippen molar-refractivity contribution >= 4 is 0 Å². The van der Waals surface area contributed by atoms with Gasteiger partial charge in [0.2, 0.25) is 0 Å². The molecule has 0 aromatic carbocycles. The first-order valence-electron chi connectivity index (χ1n) is 13.4. The number of morpholine rings is 1. The standard InChI is InChI=1S/C23H40F3N5O3/c24-23(25,26)33-18-4-1-3-16(13-18)15-31-8-2-5-19(31)22-28-21(29-34-22)17-6-7-20(27-14-17)30-9-11-32-12-10-30/h16-22,27-29H,1-15H2/p+2/t16?,17?,18?,19-,20?,21?,22?/m0/s1. The molecule has 4 aliphatic heterocycles. The maximum atomic E-state index is 12.7. The minimum atomic E-state index is -4.53. The zero-order chi connectivity index (χ0) is 23.5. The van der Waals surface area contributed by atoms with Crippen LogP contribution in [0, 0.1) is 11.8 Å². The number of nitrogens with two attached hydrogens (primary N) is 1. The van der Waals surface area contributed by atoms with Gasteiger partial charge < -0.3 is 15.0 Å². The van der Waals surface area contributed by atoms with Crippen LogP contribution in [0.25, 0.3) is 0 Å². The molecule has 5 fully saturated rings. The quantitative estimate of drug-likeness (QED) is 0.401. The normalized spacial score (nSPS) is 42.8. The molecule has 1 aliphatic carbocycles. The van der Waals surface area contributed by atoms with Crippen LogP contribution in [0.1, 0.15) is 51.4 Å². The SMILES string of the molecule is FC(F)(F)OC1CCCC(C[NH+]2CCC[C@H]2C2NC(C3CCC(N4CCOCC4)[NH2+]C3)NO2)C1. The molecule has 11 heteroatoms. The number of hydroxylamine groups is 1. The minimum Gasteiger partial charge on any atom is -0.379 e. The maximum Gasteiger partial charge on any atom is 0.522 e. The molecule has 4 saturated heterocycles. The smallest absolute Gasteiger partial charge is 0.379 e. The van der Waals surface area contributed by atoms with Gasteiger partial charge in [-0.3, -0.25) is 14.9 Å². The number of nitrogens with one attached hydrogen (secondary N) is 3. The number of alkyl halides is 3. The summed E-state index contributed by atoms with van der Waals surface area (Å²) in [5.41, 5.74) is 3.28. The van der Waals surface area contributed by atoms with Crippen molar-refractivity contribution in [2.24, 2.45) is 11.8 Å². The third-order valence-corrected chi connectivity index (χ3v) is 8.68. The highest BCUT2D eigenvalue weighted by Gasteiger charge is 2.45. The summed E-state index contributed by atoms with van der Waals surface area (Å²) >= 11 is 0. The summed E-state index contributed by atoms with van der Waals surface area (Å²) in [6.07, 6.45) is 2.88. The van der Waals surface area contributed by atoms with Crippen LogP contribution in [0.15, 0.2) is 0 Å². The highest BCUT2D eigenvalue weighted by molar-refractivity contribution is 4.85. The second-order valence-electron chi connectivity index (χ2n) is 10.9. The lowest BCUT2D eigenvalue weighted by molar-refractivity contribution is -0.919. The highest BCUT2D eigenvalue weighted by Crippen LogP contribution is 2.31. The van der Waals surface area contributed by atoms with E-state index in [1.165, 1.54) is 17.7 Å². The van der Waals surface area contributed by atoms with Gasteiger partial charge in [-0.2, -0.15) is 5.48 Å². The molecule has 5 rings (SSSR count). The number of piperidine rings is 1. The summed E-state index contributed by atoms with van der Waals surface area (Å²) in [6, 6.07) is 0.343. The van der Waals surface area contributed by atoms with Gasteiger partial charge in [-0.1, -0.05) is 6.42 Å². The second kappa shape index (κ2) is 11.2. The molecule has 7 unspecified atom stereocenters. The van der Waals surface area contributed by atoms with Crippen molar-refractivity contribution in [2.75, 3.05) is 45.9 Å². The largest absolute Gasteiger partial charge is 0.522 e. The molecule has 8 nitrogen and oxygen atoms in total. The maximum absolute atomic E-state index is 12.7.